The molecule has 1 aliphatic heterocycles. The Bertz CT molecular complexity index is 650. The molecule has 1 aromatic heterocycles. The Hall–Kier alpha value is -1.67. The van der Waals surface area contributed by atoms with Crippen molar-refractivity contribution >= 4 is 27.2 Å². The molecule has 1 saturated heterocycles. The van der Waals surface area contributed by atoms with Crippen molar-refractivity contribution < 1.29 is 17.9 Å². The summed E-state index contributed by atoms with van der Waals surface area (Å²) in [6.45, 7) is 6.92. The van der Waals surface area contributed by atoms with E-state index in [-0.39, 0.29) is 12.2 Å². The first kappa shape index (κ1) is 17.7. The molecule has 128 valence electrons. The first-order chi connectivity index (χ1) is 10.7. The third-order valence-corrected chi connectivity index (χ3v) is 5.27. The molecule has 0 saturated carbocycles. The topological polar surface area (TPSA) is 88.6 Å². The van der Waals surface area contributed by atoms with Crippen LogP contribution in [-0.4, -0.2) is 56.1 Å². The summed E-state index contributed by atoms with van der Waals surface area (Å²) >= 11 is 0. The highest BCUT2D eigenvalue weighted by Crippen LogP contribution is 2.19. The lowest BCUT2D eigenvalue weighted by atomic mass is 10.2. The molecule has 1 N–H and O–H groups in total. The molecule has 3 atom stereocenters. The Morgan fingerprint density at radius 1 is 1.35 bits per heavy atom. The number of nitrogens with one attached hydrogen (secondary N) is 1. The van der Waals surface area contributed by atoms with E-state index >= 15 is 0 Å². The molecule has 1 amide bonds. The normalized spacial score (nSPS) is 23.4. The summed E-state index contributed by atoms with van der Waals surface area (Å²) in [5.74, 6) is 0.247. The van der Waals surface area contributed by atoms with Gasteiger partial charge in [0.2, 0.25) is 5.91 Å². The van der Waals surface area contributed by atoms with Crippen LogP contribution in [0.15, 0.2) is 18.3 Å². The number of amides is 1. The molecule has 1 aromatic rings. The maximum Gasteiger partial charge on any atom is 0.242 e. The van der Waals surface area contributed by atoms with Crippen LogP contribution in [0.4, 0.5) is 11.5 Å². The molecule has 7 nitrogen and oxygen atoms in total. The zero-order chi connectivity index (χ0) is 17.2. The van der Waals surface area contributed by atoms with Crippen LogP contribution in [0.3, 0.4) is 0 Å². The van der Waals surface area contributed by atoms with Crippen molar-refractivity contribution in [3.63, 3.8) is 0 Å². The number of sulfone groups is 1. The molecule has 1 aliphatic rings. The summed E-state index contributed by atoms with van der Waals surface area (Å²) in [5, 5.41) is 1.48. The Morgan fingerprint density at radius 2 is 1.96 bits per heavy atom. The van der Waals surface area contributed by atoms with Gasteiger partial charge in [-0.2, -0.15) is 0 Å². The summed E-state index contributed by atoms with van der Waals surface area (Å²) in [7, 11) is -3.41. The van der Waals surface area contributed by atoms with Crippen LogP contribution < -0.4 is 10.2 Å². The number of anilines is 2. The van der Waals surface area contributed by atoms with Crippen LogP contribution in [0.25, 0.3) is 0 Å². The van der Waals surface area contributed by atoms with Gasteiger partial charge in [-0.15, -0.1) is 0 Å². The van der Waals surface area contributed by atoms with Gasteiger partial charge in [-0.25, -0.2) is 13.4 Å². The van der Waals surface area contributed by atoms with E-state index in [2.05, 4.69) is 15.2 Å². The Balaban J connectivity index is 2.04. The lowest BCUT2D eigenvalue weighted by Gasteiger charge is -2.36. The number of hydrogen-bond acceptors (Lipinski definition) is 6. The number of pyridine rings is 1. The van der Waals surface area contributed by atoms with Crippen LogP contribution >= 0.6 is 0 Å². The number of ether oxygens (including phenoxy) is 1. The van der Waals surface area contributed by atoms with Gasteiger partial charge in [0, 0.05) is 19.3 Å². The fourth-order valence-electron chi connectivity index (χ4n) is 2.45. The van der Waals surface area contributed by atoms with Gasteiger partial charge in [0.05, 0.1) is 24.1 Å². The number of carbonyl (C=O) groups is 1. The monoisotopic (exact) mass is 341 g/mol. The molecule has 0 aliphatic carbocycles. The molecule has 8 heteroatoms. The maximum atomic E-state index is 11.9. The average molecular weight is 341 g/mol. The zero-order valence-electron chi connectivity index (χ0n) is 13.8. The number of carbonyl (C=O) groups excluding carboxylic acids is 1. The Morgan fingerprint density at radius 3 is 2.43 bits per heavy atom. The van der Waals surface area contributed by atoms with Gasteiger partial charge in [-0.05, 0) is 32.9 Å². The highest BCUT2D eigenvalue weighted by Gasteiger charge is 2.25. The summed E-state index contributed by atoms with van der Waals surface area (Å²) in [6, 6.07) is 3.53. The van der Waals surface area contributed by atoms with E-state index in [1.807, 2.05) is 19.9 Å². The minimum absolute atomic E-state index is 0.135. The van der Waals surface area contributed by atoms with Crippen LogP contribution in [-0.2, 0) is 19.4 Å². The SMILES string of the molecule is CC1CN(c2ccc(NC(=O)C(C)S(C)(=O)=O)cn2)CC(C)O1. The molecule has 0 radical (unpaired) electrons. The third kappa shape index (κ3) is 4.65. The number of hydrogen-bond donors (Lipinski definition) is 1. The second-order valence-electron chi connectivity index (χ2n) is 6.03. The van der Waals surface area contributed by atoms with E-state index in [0.29, 0.717) is 5.69 Å². The van der Waals surface area contributed by atoms with Crippen LogP contribution in [0.2, 0.25) is 0 Å². The maximum absolute atomic E-state index is 11.9. The fourth-order valence-corrected chi connectivity index (χ4v) is 2.90. The van der Waals surface area contributed by atoms with E-state index in [4.69, 9.17) is 4.74 Å². The van der Waals surface area contributed by atoms with Crippen molar-refractivity contribution in [1.82, 2.24) is 4.98 Å². The lowest BCUT2D eigenvalue weighted by molar-refractivity contribution is -0.115. The average Bonchev–Trinajstić information content (AvgIpc) is 2.45. The van der Waals surface area contributed by atoms with Gasteiger partial charge in [0.1, 0.15) is 11.1 Å². The van der Waals surface area contributed by atoms with Gasteiger partial charge < -0.3 is 15.0 Å². The summed E-state index contributed by atoms with van der Waals surface area (Å²) in [5.41, 5.74) is 0.476. The predicted molar refractivity (Wildman–Crippen MR) is 89.4 cm³/mol. The van der Waals surface area contributed by atoms with E-state index < -0.39 is 21.0 Å². The number of morpholine rings is 1. The standard InChI is InChI=1S/C15H23N3O4S/c1-10-8-18(9-11(2)22-10)14-6-5-13(7-16-14)17-15(19)12(3)23(4,20)21/h5-7,10-12H,8-9H2,1-4H3,(H,17,19). The van der Waals surface area contributed by atoms with Crippen molar-refractivity contribution in [3.05, 3.63) is 18.3 Å². The Labute approximate surface area is 137 Å². The first-order valence-electron chi connectivity index (χ1n) is 7.53. The van der Waals surface area contributed by atoms with Gasteiger partial charge in [-0.3, -0.25) is 4.79 Å². The first-order valence-corrected chi connectivity index (χ1v) is 9.48. The molecular weight excluding hydrogens is 318 g/mol. The Kier molecular flexibility index (Phi) is 5.26. The molecule has 23 heavy (non-hydrogen) atoms. The lowest BCUT2D eigenvalue weighted by Crippen LogP contribution is -2.45. The second kappa shape index (κ2) is 6.84. The highest BCUT2D eigenvalue weighted by molar-refractivity contribution is 7.92. The van der Waals surface area contributed by atoms with Crippen molar-refractivity contribution in [1.29, 1.82) is 0 Å². The zero-order valence-corrected chi connectivity index (χ0v) is 14.6. The van der Waals surface area contributed by atoms with Crippen LogP contribution in [0.1, 0.15) is 20.8 Å². The minimum atomic E-state index is -3.41. The smallest absolute Gasteiger partial charge is 0.242 e. The van der Waals surface area contributed by atoms with Gasteiger partial charge in [0.15, 0.2) is 9.84 Å². The fraction of sp³-hybridized carbons (Fsp3) is 0.600. The molecule has 2 heterocycles. The van der Waals surface area contributed by atoms with Crippen molar-refractivity contribution in [2.45, 2.75) is 38.2 Å². The van der Waals surface area contributed by atoms with Gasteiger partial charge in [-0.1, -0.05) is 0 Å². The minimum Gasteiger partial charge on any atom is -0.372 e. The molecule has 3 unspecified atom stereocenters. The molecule has 1 fully saturated rings. The van der Waals surface area contributed by atoms with E-state index in [1.54, 1.807) is 6.07 Å². The van der Waals surface area contributed by atoms with E-state index in [9.17, 15) is 13.2 Å². The second-order valence-corrected chi connectivity index (χ2v) is 8.39. The molecule has 2 rings (SSSR count). The third-order valence-electron chi connectivity index (χ3n) is 3.77. The predicted octanol–water partition coefficient (Wildman–Crippen LogP) is 1.07. The molecular formula is C15H23N3O4S. The molecule has 0 spiro atoms. The van der Waals surface area contributed by atoms with Crippen LogP contribution in [0.5, 0.6) is 0 Å². The van der Waals surface area contributed by atoms with Crippen LogP contribution in [0, 0.1) is 0 Å². The number of rotatable bonds is 4. The van der Waals surface area contributed by atoms with Gasteiger partial charge >= 0.3 is 0 Å². The van der Waals surface area contributed by atoms with Crippen molar-refractivity contribution in [3.8, 4) is 0 Å². The van der Waals surface area contributed by atoms with E-state index in [1.165, 1.54) is 13.1 Å². The van der Waals surface area contributed by atoms with Gasteiger partial charge in [0.25, 0.3) is 0 Å². The van der Waals surface area contributed by atoms with Crippen molar-refractivity contribution in [2.75, 3.05) is 29.6 Å². The largest absolute Gasteiger partial charge is 0.372 e. The quantitative estimate of drug-likeness (QED) is 0.881. The summed E-state index contributed by atoms with van der Waals surface area (Å²) in [6.07, 6.45) is 2.85. The van der Waals surface area contributed by atoms with Crippen molar-refractivity contribution in [2.24, 2.45) is 0 Å². The van der Waals surface area contributed by atoms with E-state index in [0.717, 1.165) is 25.2 Å². The highest BCUT2D eigenvalue weighted by atomic mass is 32.2. The number of aromatic nitrogens is 1. The summed E-state index contributed by atoms with van der Waals surface area (Å²) < 4.78 is 28.5. The molecule has 0 aromatic carbocycles. The number of nitrogens with zero attached hydrogens (tertiary/aromatic N) is 2. The summed E-state index contributed by atoms with van der Waals surface area (Å²) in [4.78, 5) is 18.4. The molecule has 0 bridgehead atoms.